The van der Waals surface area contributed by atoms with Crippen LogP contribution in [0.15, 0.2) is 60.7 Å². The number of hydrogen-bond acceptors (Lipinski definition) is 8. The van der Waals surface area contributed by atoms with E-state index < -0.39 is 0 Å². The summed E-state index contributed by atoms with van der Waals surface area (Å²) in [6.07, 6.45) is 0. The van der Waals surface area contributed by atoms with E-state index in [9.17, 15) is 0 Å². The Hall–Kier alpha value is -4.08. The van der Waals surface area contributed by atoms with Crippen LogP contribution in [0.5, 0.6) is 23.0 Å². The van der Waals surface area contributed by atoms with Crippen LogP contribution >= 0.6 is 0 Å². The Morgan fingerprint density at radius 2 is 0.577 bits per heavy atom. The fourth-order valence-corrected chi connectivity index (χ4v) is 6.67. The van der Waals surface area contributed by atoms with E-state index in [-0.39, 0.29) is 10.8 Å². The van der Waals surface area contributed by atoms with Crippen LogP contribution in [0.2, 0.25) is 0 Å². The lowest BCUT2D eigenvalue weighted by Crippen LogP contribution is -2.14. The van der Waals surface area contributed by atoms with Crippen LogP contribution < -0.4 is 18.9 Å². The van der Waals surface area contributed by atoms with E-state index in [0.717, 1.165) is 67.5 Å². The van der Waals surface area contributed by atoms with Crippen LogP contribution in [-0.4, -0.2) is 28.4 Å². The summed E-state index contributed by atoms with van der Waals surface area (Å²) in [5.41, 5.74) is 9.78. The van der Waals surface area contributed by atoms with E-state index in [1.807, 2.05) is 36.4 Å². The number of rotatable bonds is 4. The summed E-state index contributed by atoms with van der Waals surface area (Å²) in [6, 6.07) is 20.8. The molecule has 0 radical (unpaired) electrons. The zero-order valence-corrected chi connectivity index (χ0v) is 32.7. The molecule has 0 saturated carbocycles. The van der Waals surface area contributed by atoms with Gasteiger partial charge < -0.3 is 37.9 Å². The van der Waals surface area contributed by atoms with Crippen LogP contribution in [0, 0.1) is 0 Å². The molecule has 0 N–H and O–H groups in total. The lowest BCUT2D eigenvalue weighted by molar-refractivity contribution is 0.0926. The molecule has 8 bridgehead atoms. The molecule has 52 heavy (non-hydrogen) atoms. The van der Waals surface area contributed by atoms with Gasteiger partial charge in [-0.25, -0.2) is 0 Å². The third-order valence-corrected chi connectivity index (χ3v) is 9.45. The second-order valence-corrected chi connectivity index (χ2v) is 15.3. The topological polar surface area (TPSA) is 73.8 Å². The van der Waals surface area contributed by atoms with Gasteiger partial charge in [0.15, 0.2) is 0 Å². The number of methoxy groups -OCH3 is 4. The molecule has 0 saturated heterocycles. The molecule has 0 spiro atoms. The van der Waals surface area contributed by atoms with Crippen molar-refractivity contribution in [3.63, 3.8) is 0 Å². The number of benzene rings is 4. The van der Waals surface area contributed by atoms with Gasteiger partial charge in [-0.3, -0.25) is 0 Å². The van der Waals surface area contributed by atoms with Crippen molar-refractivity contribution in [3.05, 3.63) is 116 Å². The SMILES string of the molecule is COc1c2cccc1COCc1cc(C(C)(C)C)cc(c1OC)COCc1cccc(c1OC)COCc1cc(C(C)(C)C)cc(c1OC)COC2. The van der Waals surface area contributed by atoms with Gasteiger partial charge in [0.2, 0.25) is 0 Å². The third kappa shape index (κ3) is 9.28. The van der Waals surface area contributed by atoms with Crippen molar-refractivity contribution in [3.8, 4) is 23.0 Å². The average molecular weight is 713 g/mol. The number of fused-ring (bicyclic) bond motifs is 8. The first-order valence-electron chi connectivity index (χ1n) is 17.9. The largest absolute Gasteiger partial charge is 0.496 e. The minimum atomic E-state index is -0.0911. The number of hydrogen-bond donors (Lipinski definition) is 0. The van der Waals surface area contributed by atoms with Gasteiger partial charge in [0.1, 0.15) is 23.0 Å². The first-order valence-corrected chi connectivity index (χ1v) is 17.9. The fourth-order valence-electron chi connectivity index (χ4n) is 6.67. The molecular formula is C44H56O8. The number of ether oxygens (including phenoxy) is 8. The third-order valence-electron chi connectivity index (χ3n) is 9.45. The molecule has 1 aliphatic heterocycles. The van der Waals surface area contributed by atoms with Gasteiger partial charge in [0.25, 0.3) is 0 Å². The molecule has 1 heterocycles. The molecule has 4 aromatic rings. The molecule has 0 atom stereocenters. The molecule has 0 aliphatic carbocycles. The summed E-state index contributed by atoms with van der Waals surface area (Å²) in [5, 5.41) is 0. The van der Waals surface area contributed by atoms with E-state index in [1.54, 1.807) is 28.4 Å². The summed E-state index contributed by atoms with van der Waals surface area (Å²) in [6.45, 7) is 16.1. The van der Waals surface area contributed by atoms with Crippen molar-refractivity contribution >= 4 is 0 Å². The van der Waals surface area contributed by atoms with E-state index in [4.69, 9.17) is 37.9 Å². The van der Waals surface area contributed by atoms with Gasteiger partial charge in [0.05, 0.1) is 81.3 Å². The van der Waals surface area contributed by atoms with Crippen LogP contribution in [0.3, 0.4) is 0 Å². The highest BCUT2D eigenvalue weighted by Gasteiger charge is 2.23. The van der Waals surface area contributed by atoms with Crippen LogP contribution in [0.4, 0.5) is 0 Å². The Bertz CT molecular complexity index is 1580. The molecule has 8 heteroatoms. The Kier molecular flexibility index (Phi) is 12.9. The van der Waals surface area contributed by atoms with Crippen molar-refractivity contribution in [2.45, 2.75) is 105 Å². The summed E-state index contributed by atoms with van der Waals surface area (Å²) in [7, 11) is 6.77. The van der Waals surface area contributed by atoms with E-state index in [1.165, 1.54) is 11.1 Å². The van der Waals surface area contributed by atoms with Gasteiger partial charge in [-0.15, -0.1) is 0 Å². The van der Waals surface area contributed by atoms with Gasteiger partial charge in [-0.05, 0) is 46.2 Å². The minimum absolute atomic E-state index is 0.0911. The molecule has 0 unspecified atom stereocenters. The average Bonchev–Trinajstić information content (AvgIpc) is 3.10. The first kappa shape index (κ1) is 39.1. The molecule has 5 rings (SSSR count). The predicted molar refractivity (Wildman–Crippen MR) is 203 cm³/mol. The van der Waals surface area contributed by atoms with Crippen LogP contribution in [0.25, 0.3) is 0 Å². The lowest BCUT2D eigenvalue weighted by Gasteiger charge is -2.24. The second kappa shape index (κ2) is 17.2. The Morgan fingerprint density at radius 1 is 0.365 bits per heavy atom. The van der Waals surface area contributed by atoms with Gasteiger partial charge >= 0.3 is 0 Å². The first-order chi connectivity index (χ1) is 24.9. The molecule has 4 aromatic carbocycles. The van der Waals surface area contributed by atoms with Crippen LogP contribution in [-0.2, 0) is 82.6 Å². The highest BCUT2D eigenvalue weighted by Crippen LogP contribution is 2.36. The predicted octanol–water partition coefficient (Wildman–Crippen LogP) is 9.50. The molecule has 0 amide bonds. The van der Waals surface area contributed by atoms with Crippen molar-refractivity contribution < 1.29 is 37.9 Å². The Labute approximate surface area is 310 Å². The highest BCUT2D eigenvalue weighted by molar-refractivity contribution is 5.48. The highest BCUT2D eigenvalue weighted by atomic mass is 16.5. The summed E-state index contributed by atoms with van der Waals surface area (Å²) >= 11 is 0. The van der Waals surface area contributed by atoms with Gasteiger partial charge in [-0.1, -0.05) is 77.9 Å². The molecular weight excluding hydrogens is 656 g/mol. The van der Waals surface area contributed by atoms with Gasteiger partial charge in [-0.2, -0.15) is 0 Å². The molecule has 0 fully saturated rings. The minimum Gasteiger partial charge on any atom is -0.496 e. The van der Waals surface area contributed by atoms with E-state index in [0.29, 0.717) is 52.9 Å². The zero-order valence-electron chi connectivity index (χ0n) is 32.7. The van der Waals surface area contributed by atoms with Crippen molar-refractivity contribution in [2.24, 2.45) is 0 Å². The molecule has 8 nitrogen and oxygen atoms in total. The summed E-state index contributed by atoms with van der Waals surface area (Å²) in [4.78, 5) is 0. The maximum atomic E-state index is 6.38. The normalized spacial score (nSPS) is 15.0. The fraction of sp³-hybridized carbons (Fsp3) is 0.455. The maximum Gasteiger partial charge on any atom is 0.129 e. The monoisotopic (exact) mass is 712 g/mol. The Balaban J connectivity index is 1.54. The molecule has 280 valence electrons. The molecule has 0 aromatic heterocycles. The Morgan fingerprint density at radius 3 is 0.788 bits per heavy atom. The lowest BCUT2D eigenvalue weighted by atomic mass is 9.84. The van der Waals surface area contributed by atoms with Crippen LogP contribution in [0.1, 0.15) is 97.2 Å². The van der Waals surface area contributed by atoms with Crippen molar-refractivity contribution in [1.29, 1.82) is 0 Å². The second-order valence-electron chi connectivity index (χ2n) is 15.3. The standard InChI is InChI=1S/C44H56O8/c1-43(2,3)37-17-33-25-49-21-29-13-11-15-31(39(29)45-7)23-51-27-35-19-38(44(4,5)6)20-36(42(35)48-10)28-52-24-32-16-12-14-30(40(32)46-8)22-50-26-34(18-37)41(33)47-9/h11-20H,21-28H2,1-10H3. The van der Waals surface area contributed by atoms with Crippen molar-refractivity contribution in [2.75, 3.05) is 28.4 Å². The zero-order chi connectivity index (χ0) is 37.5. The smallest absolute Gasteiger partial charge is 0.129 e. The van der Waals surface area contributed by atoms with Gasteiger partial charge in [0, 0.05) is 44.5 Å². The van der Waals surface area contributed by atoms with E-state index in [2.05, 4.69) is 65.8 Å². The summed E-state index contributed by atoms with van der Waals surface area (Å²) in [5.74, 6) is 3.03. The summed E-state index contributed by atoms with van der Waals surface area (Å²) < 4.78 is 49.4. The number of para-hydroxylation sites is 2. The van der Waals surface area contributed by atoms with Crippen molar-refractivity contribution in [1.82, 2.24) is 0 Å². The van der Waals surface area contributed by atoms with E-state index >= 15 is 0 Å². The quantitative estimate of drug-likeness (QED) is 0.207. The maximum absolute atomic E-state index is 6.38. The molecule has 1 aliphatic rings.